The number of rotatable bonds is 3. The van der Waals surface area contributed by atoms with Crippen LogP contribution in [0.4, 0.5) is 0 Å². The first-order valence-corrected chi connectivity index (χ1v) is 9.19. The van der Waals surface area contributed by atoms with Crippen molar-refractivity contribution in [2.45, 2.75) is 25.7 Å². The van der Waals surface area contributed by atoms with Gasteiger partial charge in [0.05, 0.1) is 37.2 Å². The number of hydrogen-bond acceptors (Lipinski definition) is 5. The lowest BCUT2D eigenvalue weighted by Crippen LogP contribution is -2.35. The van der Waals surface area contributed by atoms with Gasteiger partial charge in [-0.05, 0) is 30.4 Å². The summed E-state index contributed by atoms with van der Waals surface area (Å²) in [5.41, 5.74) is 2.47. The highest BCUT2D eigenvalue weighted by Gasteiger charge is 2.43. The summed E-state index contributed by atoms with van der Waals surface area (Å²) in [6.45, 7) is 0.496. The Labute approximate surface area is 152 Å². The van der Waals surface area contributed by atoms with Crippen LogP contribution in [0.1, 0.15) is 25.7 Å². The molecular weight excluding hydrogens is 330 g/mol. The Morgan fingerprint density at radius 3 is 3.00 bits per heavy atom. The van der Waals surface area contributed by atoms with Gasteiger partial charge < -0.3 is 9.47 Å². The molecule has 0 saturated carbocycles. The van der Waals surface area contributed by atoms with Crippen molar-refractivity contribution in [3.8, 4) is 6.07 Å². The van der Waals surface area contributed by atoms with Gasteiger partial charge in [0, 0.05) is 17.8 Å². The molecule has 5 heteroatoms. The second-order valence-corrected chi connectivity index (χ2v) is 7.32. The van der Waals surface area contributed by atoms with E-state index in [0.29, 0.717) is 18.6 Å². The maximum Gasteiger partial charge on any atom is 0.338 e. The molecule has 26 heavy (non-hydrogen) atoms. The zero-order valence-corrected chi connectivity index (χ0v) is 14.5. The molecule has 134 valence electrons. The number of cyclic esters (lactones) is 1. The molecular formula is C21H21NO4. The lowest BCUT2D eigenvalue weighted by Gasteiger charge is -2.40. The minimum atomic E-state index is -0.348. The Hall–Kier alpha value is -2.61. The highest BCUT2D eigenvalue weighted by Crippen LogP contribution is 2.48. The first-order valence-electron chi connectivity index (χ1n) is 9.19. The van der Waals surface area contributed by atoms with Gasteiger partial charge in [-0.15, -0.1) is 0 Å². The summed E-state index contributed by atoms with van der Waals surface area (Å²) in [5.74, 6) is -0.636. The molecule has 4 rings (SSSR count). The topological polar surface area (TPSA) is 76.4 Å². The third-order valence-electron chi connectivity index (χ3n) is 5.73. The Morgan fingerprint density at radius 1 is 1.35 bits per heavy atom. The summed E-state index contributed by atoms with van der Waals surface area (Å²) in [4.78, 5) is 24.2. The normalized spacial score (nSPS) is 32.3. The molecule has 1 heterocycles. The van der Waals surface area contributed by atoms with Crippen LogP contribution in [-0.2, 0) is 19.1 Å². The van der Waals surface area contributed by atoms with Gasteiger partial charge in [0.25, 0.3) is 0 Å². The molecule has 0 radical (unpaired) electrons. The highest BCUT2D eigenvalue weighted by molar-refractivity contribution is 5.96. The van der Waals surface area contributed by atoms with E-state index in [1.54, 1.807) is 0 Å². The summed E-state index contributed by atoms with van der Waals surface area (Å²) in [6.07, 6.45) is 12.9. The summed E-state index contributed by atoms with van der Waals surface area (Å²) in [5, 5.41) is 9.76. The maximum atomic E-state index is 13.0. The molecule has 1 saturated heterocycles. The van der Waals surface area contributed by atoms with Crippen molar-refractivity contribution < 1.29 is 19.1 Å². The SMILES string of the molecule is N#CC1C2CC=CC=C2C(C(=O)OCC2COC(=O)C2)=C2C=CCCC21. The highest BCUT2D eigenvalue weighted by atomic mass is 16.6. The van der Waals surface area contributed by atoms with Crippen LogP contribution in [0.25, 0.3) is 0 Å². The van der Waals surface area contributed by atoms with E-state index in [4.69, 9.17) is 9.47 Å². The van der Waals surface area contributed by atoms with Crippen LogP contribution in [0.15, 0.2) is 47.1 Å². The van der Waals surface area contributed by atoms with Crippen LogP contribution in [0.2, 0.25) is 0 Å². The Kier molecular flexibility index (Phi) is 4.50. The quantitative estimate of drug-likeness (QED) is 0.731. The van der Waals surface area contributed by atoms with Crippen molar-refractivity contribution >= 4 is 11.9 Å². The van der Waals surface area contributed by atoms with E-state index in [2.05, 4.69) is 18.2 Å². The van der Waals surface area contributed by atoms with Gasteiger partial charge in [0.1, 0.15) is 0 Å². The Balaban J connectivity index is 1.64. The zero-order chi connectivity index (χ0) is 18.1. The number of allylic oxidation sites excluding steroid dienone is 6. The van der Waals surface area contributed by atoms with E-state index in [1.165, 1.54) is 0 Å². The van der Waals surface area contributed by atoms with Crippen molar-refractivity contribution in [2.24, 2.45) is 23.7 Å². The number of nitrogens with zero attached hydrogens (tertiary/aromatic N) is 1. The van der Waals surface area contributed by atoms with Crippen LogP contribution >= 0.6 is 0 Å². The fourth-order valence-corrected chi connectivity index (χ4v) is 4.46. The molecule has 1 fully saturated rings. The van der Waals surface area contributed by atoms with Gasteiger partial charge in [-0.2, -0.15) is 5.26 Å². The first kappa shape index (κ1) is 16.8. The zero-order valence-electron chi connectivity index (χ0n) is 14.5. The monoisotopic (exact) mass is 351 g/mol. The van der Waals surface area contributed by atoms with Gasteiger partial charge >= 0.3 is 11.9 Å². The fourth-order valence-electron chi connectivity index (χ4n) is 4.46. The third-order valence-corrected chi connectivity index (χ3v) is 5.73. The molecule has 3 aliphatic carbocycles. The van der Waals surface area contributed by atoms with E-state index in [0.717, 1.165) is 30.4 Å². The van der Waals surface area contributed by atoms with Crippen LogP contribution in [-0.4, -0.2) is 25.2 Å². The van der Waals surface area contributed by atoms with E-state index in [-0.39, 0.29) is 42.2 Å². The van der Waals surface area contributed by atoms with Crippen LogP contribution in [0.5, 0.6) is 0 Å². The number of hydrogen-bond donors (Lipinski definition) is 0. The van der Waals surface area contributed by atoms with Crippen LogP contribution in [0.3, 0.4) is 0 Å². The number of carbonyl (C=O) groups is 2. The number of nitriles is 1. The average molecular weight is 351 g/mol. The third kappa shape index (κ3) is 2.90. The molecule has 0 spiro atoms. The number of fused-ring (bicyclic) bond motifs is 2. The summed E-state index contributed by atoms with van der Waals surface area (Å²) >= 11 is 0. The van der Waals surface area contributed by atoms with Gasteiger partial charge in [0.2, 0.25) is 0 Å². The molecule has 0 aromatic heterocycles. The molecule has 0 N–H and O–H groups in total. The molecule has 1 aliphatic heterocycles. The largest absolute Gasteiger partial charge is 0.465 e. The van der Waals surface area contributed by atoms with Gasteiger partial charge in [-0.25, -0.2) is 4.79 Å². The predicted molar refractivity (Wildman–Crippen MR) is 93.3 cm³/mol. The minimum absolute atomic E-state index is 0.0455. The van der Waals surface area contributed by atoms with E-state index < -0.39 is 0 Å². The van der Waals surface area contributed by atoms with Gasteiger partial charge in [-0.1, -0.05) is 30.4 Å². The van der Waals surface area contributed by atoms with Crippen molar-refractivity contribution in [1.82, 2.24) is 0 Å². The van der Waals surface area contributed by atoms with Crippen LogP contribution in [0, 0.1) is 35.0 Å². The fraction of sp³-hybridized carbons (Fsp3) is 0.476. The van der Waals surface area contributed by atoms with E-state index >= 15 is 0 Å². The molecule has 0 aromatic rings. The van der Waals surface area contributed by atoms with Crippen molar-refractivity contribution in [3.05, 3.63) is 47.1 Å². The van der Waals surface area contributed by atoms with Gasteiger partial charge in [-0.3, -0.25) is 4.79 Å². The van der Waals surface area contributed by atoms with Gasteiger partial charge in [0.15, 0.2) is 0 Å². The average Bonchev–Trinajstić information content (AvgIpc) is 3.09. The standard InChI is InChI=1S/C21H21NO4/c22-10-18-14-5-1-3-7-16(14)20(17-8-4-2-6-15(17)18)21(24)26-12-13-9-19(23)25-11-13/h1,3-4,7-8,13-15,18H,2,5-6,9,11-12H2. The van der Waals surface area contributed by atoms with Crippen molar-refractivity contribution in [1.29, 1.82) is 5.26 Å². The second kappa shape index (κ2) is 6.95. The smallest absolute Gasteiger partial charge is 0.338 e. The number of esters is 2. The molecule has 0 bridgehead atoms. The number of carbonyl (C=O) groups excluding carboxylic acids is 2. The summed E-state index contributed by atoms with van der Waals surface area (Å²) < 4.78 is 10.5. The number of ether oxygens (including phenoxy) is 2. The molecule has 0 amide bonds. The molecule has 0 aromatic carbocycles. The van der Waals surface area contributed by atoms with Crippen molar-refractivity contribution in [3.63, 3.8) is 0 Å². The van der Waals surface area contributed by atoms with Crippen LogP contribution < -0.4 is 0 Å². The second-order valence-electron chi connectivity index (χ2n) is 7.32. The summed E-state index contributed by atoms with van der Waals surface area (Å²) in [7, 11) is 0. The Bertz CT molecular complexity index is 795. The minimum Gasteiger partial charge on any atom is -0.465 e. The molecule has 5 nitrogen and oxygen atoms in total. The molecule has 4 atom stereocenters. The predicted octanol–water partition coefficient (Wildman–Crippen LogP) is 3.01. The lowest BCUT2D eigenvalue weighted by molar-refractivity contribution is -0.140. The molecule has 4 aliphatic rings. The molecule has 4 unspecified atom stereocenters. The van der Waals surface area contributed by atoms with Crippen molar-refractivity contribution in [2.75, 3.05) is 13.2 Å². The van der Waals surface area contributed by atoms with E-state index in [9.17, 15) is 14.9 Å². The lowest BCUT2D eigenvalue weighted by atomic mass is 9.62. The summed E-state index contributed by atoms with van der Waals surface area (Å²) in [6, 6.07) is 2.49. The first-order chi connectivity index (χ1) is 12.7. The maximum absolute atomic E-state index is 13.0. The van der Waals surface area contributed by atoms with E-state index in [1.807, 2.05) is 18.2 Å². The Morgan fingerprint density at radius 2 is 2.23 bits per heavy atom.